The maximum atomic E-state index is 12.9. The molecule has 0 aromatic heterocycles. The normalized spacial score (nSPS) is 16.5. The van der Waals surface area contributed by atoms with Crippen molar-refractivity contribution in [3.8, 4) is 5.75 Å². The van der Waals surface area contributed by atoms with Crippen LogP contribution in [-0.2, 0) is 4.74 Å². The van der Waals surface area contributed by atoms with Crippen LogP contribution in [0.15, 0.2) is 65.1 Å². The van der Waals surface area contributed by atoms with E-state index in [2.05, 4.69) is 49.6 Å². The summed E-state index contributed by atoms with van der Waals surface area (Å²) in [5.41, 5.74) is 7.59. The number of hydrogen-bond donors (Lipinski definition) is 2. The van der Waals surface area contributed by atoms with Crippen molar-refractivity contribution in [1.29, 1.82) is 0 Å². The van der Waals surface area contributed by atoms with E-state index < -0.39 is 0 Å². The first kappa shape index (κ1) is 22.6. The van der Waals surface area contributed by atoms with Gasteiger partial charge in [-0.2, -0.15) is 0 Å². The number of likely N-dealkylation sites (N-methyl/N-ethyl adjacent to an activating group) is 1. The van der Waals surface area contributed by atoms with E-state index >= 15 is 0 Å². The van der Waals surface area contributed by atoms with Crippen molar-refractivity contribution < 1.29 is 14.3 Å². The minimum Gasteiger partial charge on any atom is -0.462 e. The van der Waals surface area contributed by atoms with Crippen molar-refractivity contribution in [2.24, 2.45) is 0 Å². The topological polar surface area (TPSA) is 59.6 Å². The number of hydrogen-bond acceptors (Lipinski definition) is 5. The molecule has 2 aromatic rings. The van der Waals surface area contributed by atoms with Gasteiger partial charge < -0.3 is 20.1 Å². The third-order valence-electron chi connectivity index (χ3n) is 5.95. The second kappa shape index (κ2) is 9.51. The highest BCUT2D eigenvalue weighted by Crippen LogP contribution is 2.48. The van der Waals surface area contributed by atoms with Gasteiger partial charge in [-0.15, -0.1) is 0 Å². The predicted molar refractivity (Wildman–Crippen MR) is 131 cm³/mol. The Morgan fingerprint density at radius 3 is 2.55 bits per heavy atom. The van der Waals surface area contributed by atoms with Gasteiger partial charge in [0.15, 0.2) is 17.0 Å². The number of benzene rings is 2. The van der Waals surface area contributed by atoms with E-state index in [1.54, 1.807) is 0 Å². The number of anilines is 1. The molecule has 5 heteroatoms. The SMILES string of the molecule is CCNC1=CC2=C([C+]=C1C)C(c1ccccc1C(=O)OCC)c1cc(C)c(NCC)cc1O2. The van der Waals surface area contributed by atoms with E-state index in [4.69, 9.17) is 9.47 Å². The zero-order valence-electron chi connectivity index (χ0n) is 20.0. The Balaban J connectivity index is 1.95. The van der Waals surface area contributed by atoms with E-state index in [0.29, 0.717) is 12.2 Å². The lowest BCUT2D eigenvalue weighted by Gasteiger charge is -2.28. The number of ether oxygens (including phenoxy) is 2. The van der Waals surface area contributed by atoms with Gasteiger partial charge >= 0.3 is 5.97 Å². The fourth-order valence-corrected chi connectivity index (χ4v) is 4.47. The molecule has 5 nitrogen and oxygen atoms in total. The van der Waals surface area contributed by atoms with Gasteiger partial charge in [-0.25, -0.2) is 4.79 Å². The van der Waals surface area contributed by atoms with Crippen LogP contribution in [0.5, 0.6) is 5.75 Å². The average Bonchev–Trinajstić information content (AvgIpc) is 2.80. The molecule has 0 amide bonds. The molecule has 1 aliphatic carbocycles. The minimum absolute atomic E-state index is 0.201. The smallest absolute Gasteiger partial charge is 0.338 e. The molecule has 0 saturated heterocycles. The third kappa shape index (κ3) is 4.24. The van der Waals surface area contributed by atoms with Crippen LogP contribution in [0.3, 0.4) is 0 Å². The van der Waals surface area contributed by atoms with Crippen molar-refractivity contribution in [1.82, 2.24) is 5.32 Å². The maximum Gasteiger partial charge on any atom is 0.338 e. The zero-order chi connectivity index (χ0) is 23.5. The first-order valence-electron chi connectivity index (χ1n) is 11.6. The summed E-state index contributed by atoms with van der Waals surface area (Å²) in [6, 6.07) is 11.9. The number of fused-ring (bicyclic) bond motifs is 1. The lowest BCUT2D eigenvalue weighted by molar-refractivity contribution is 0.0525. The summed E-state index contributed by atoms with van der Waals surface area (Å²) in [6.07, 6.45) is 5.61. The molecule has 2 N–H and O–H groups in total. The van der Waals surface area contributed by atoms with Crippen LogP contribution in [0.2, 0.25) is 0 Å². The molecular formula is C28H31N2O3+. The van der Waals surface area contributed by atoms with Crippen LogP contribution in [-0.4, -0.2) is 25.7 Å². The van der Waals surface area contributed by atoms with Gasteiger partial charge in [-0.05, 0) is 57.9 Å². The van der Waals surface area contributed by atoms with Crippen LogP contribution >= 0.6 is 0 Å². The molecule has 4 rings (SSSR count). The molecule has 0 spiro atoms. The standard InChI is InChI=1S/C28H31N2O3/c1-6-29-23-15-25-21(13-17(23)4)27(19-11-9-10-12-20(19)28(31)32-8-3)22-14-18(5)24(30-7-2)16-26(22)33-25/h9-13,15-16,27,29-30H,6-8H2,1-5H3/q+1. The van der Waals surface area contributed by atoms with Gasteiger partial charge in [-0.3, -0.25) is 0 Å². The summed E-state index contributed by atoms with van der Waals surface area (Å²) in [6.45, 7) is 12.1. The Morgan fingerprint density at radius 2 is 1.82 bits per heavy atom. The van der Waals surface area contributed by atoms with Gasteiger partial charge in [0.25, 0.3) is 0 Å². The predicted octanol–water partition coefficient (Wildman–Crippen LogP) is 5.64. The van der Waals surface area contributed by atoms with E-state index in [1.165, 1.54) is 0 Å². The van der Waals surface area contributed by atoms with Crippen LogP contribution < -0.4 is 15.4 Å². The van der Waals surface area contributed by atoms with Crippen LogP contribution in [0.1, 0.15) is 60.7 Å². The monoisotopic (exact) mass is 443 g/mol. The Labute approximate surface area is 196 Å². The molecule has 0 fully saturated rings. The molecule has 0 radical (unpaired) electrons. The van der Waals surface area contributed by atoms with Crippen LogP contribution in [0, 0.1) is 13.0 Å². The number of carbonyl (C=O) groups is 1. The van der Waals surface area contributed by atoms with Crippen LogP contribution in [0.4, 0.5) is 5.69 Å². The molecule has 1 aliphatic heterocycles. The number of rotatable bonds is 7. The summed E-state index contributed by atoms with van der Waals surface area (Å²) in [7, 11) is 0. The molecule has 1 unspecified atom stereocenters. The minimum atomic E-state index is -0.315. The zero-order valence-corrected chi connectivity index (χ0v) is 20.0. The first-order valence-corrected chi connectivity index (χ1v) is 11.6. The highest BCUT2D eigenvalue weighted by Gasteiger charge is 2.40. The van der Waals surface area contributed by atoms with Crippen molar-refractivity contribution >= 4 is 11.7 Å². The molecular weight excluding hydrogens is 412 g/mol. The third-order valence-corrected chi connectivity index (χ3v) is 5.95. The summed E-state index contributed by atoms with van der Waals surface area (Å²) < 4.78 is 11.8. The Bertz CT molecular complexity index is 1170. The van der Waals surface area contributed by atoms with Gasteiger partial charge in [-0.1, -0.05) is 18.2 Å². The van der Waals surface area contributed by atoms with Crippen molar-refractivity contribution in [2.75, 3.05) is 25.0 Å². The number of carbonyl (C=O) groups excluding carboxylic acids is 1. The lowest BCUT2D eigenvalue weighted by atomic mass is 9.77. The van der Waals surface area contributed by atoms with E-state index in [1.807, 2.05) is 44.2 Å². The molecule has 2 aliphatic rings. The molecule has 1 atom stereocenters. The lowest BCUT2D eigenvalue weighted by Crippen LogP contribution is -2.23. The summed E-state index contributed by atoms with van der Waals surface area (Å²) in [5, 5.41) is 6.81. The Morgan fingerprint density at radius 1 is 1.06 bits per heavy atom. The average molecular weight is 444 g/mol. The van der Waals surface area contributed by atoms with Crippen molar-refractivity contribution in [2.45, 2.75) is 40.5 Å². The summed E-state index contributed by atoms with van der Waals surface area (Å²) in [5.74, 6) is 1.02. The quantitative estimate of drug-likeness (QED) is 0.428. The van der Waals surface area contributed by atoms with Crippen molar-refractivity contribution in [3.63, 3.8) is 0 Å². The summed E-state index contributed by atoms with van der Waals surface area (Å²) in [4.78, 5) is 12.9. The molecule has 0 saturated carbocycles. The Kier molecular flexibility index (Phi) is 6.52. The second-order valence-electron chi connectivity index (χ2n) is 8.19. The number of nitrogens with one attached hydrogen (secondary N) is 2. The number of allylic oxidation sites excluding steroid dienone is 4. The number of aryl methyl sites for hydroxylation is 1. The number of esters is 1. The van der Waals surface area contributed by atoms with E-state index in [9.17, 15) is 4.79 Å². The molecule has 2 aromatic carbocycles. The largest absolute Gasteiger partial charge is 0.462 e. The highest BCUT2D eigenvalue weighted by molar-refractivity contribution is 5.92. The fraction of sp³-hybridized carbons (Fsp3) is 0.321. The molecule has 0 bridgehead atoms. The van der Waals surface area contributed by atoms with Gasteiger partial charge in [0.05, 0.1) is 24.2 Å². The fourth-order valence-electron chi connectivity index (χ4n) is 4.47. The second-order valence-corrected chi connectivity index (χ2v) is 8.19. The van der Waals surface area contributed by atoms with Crippen molar-refractivity contribution in [3.05, 3.63) is 93.4 Å². The van der Waals surface area contributed by atoms with Gasteiger partial charge in [0.2, 0.25) is 5.76 Å². The Hall–Kier alpha value is -3.56. The van der Waals surface area contributed by atoms with E-state index in [0.717, 1.165) is 63.8 Å². The van der Waals surface area contributed by atoms with Gasteiger partial charge in [0.1, 0.15) is 11.6 Å². The van der Waals surface area contributed by atoms with Crippen LogP contribution in [0.25, 0.3) is 0 Å². The first-order chi connectivity index (χ1) is 16.0. The molecule has 33 heavy (non-hydrogen) atoms. The molecule has 170 valence electrons. The van der Waals surface area contributed by atoms with E-state index in [-0.39, 0.29) is 11.9 Å². The summed E-state index contributed by atoms with van der Waals surface area (Å²) >= 11 is 0. The molecule has 1 heterocycles. The maximum absolute atomic E-state index is 12.9. The van der Waals surface area contributed by atoms with Gasteiger partial charge in [0, 0.05) is 30.4 Å². The highest BCUT2D eigenvalue weighted by atomic mass is 16.5.